The van der Waals surface area contributed by atoms with Gasteiger partial charge in [-0.2, -0.15) is 0 Å². The third-order valence-electron chi connectivity index (χ3n) is 2.47. The first-order valence-electron chi connectivity index (χ1n) is 5.05. The van der Waals surface area contributed by atoms with Gasteiger partial charge in [-0.3, -0.25) is 9.69 Å². The highest BCUT2D eigenvalue weighted by atomic mass is 19.3. The Morgan fingerprint density at radius 3 is 2.27 bits per heavy atom. The fourth-order valence-corrected chi connectivity index (χ4v) is 1.63. The van der Waals surface area contributed by atoms with E-state index in [1.807, 2.05) is 0 Å². The molecule has 2 N–H and O–H groups in total. The maximum absolute atomic E-state index is 12.1. The number of carbonyl (C=O) groups is 1. The summed E-state index contributed by atoms with van der Waals surface area (Å²) in [6, 6.07) is -0.508. The van der Waals surface area contributed by atoms with Crippen LogP contribution in [0.1, 0.15) is 6.92 Å². The number of nitrogens with two attached hydrogens (primary N) is 1. The first-order chi connectivity index (χ1) is 7.00. The lowest BCUT2D eigenvalue weighted by atomic mass is 10.2. The van der Waals surface area contributed by atoms with Crippen molar-refractivity contribution in [1.29, 1.82) is 0 Å². The molecule has 1 fully saturated rings. The molecule has 1 rings (SSSR count). The van der Waals surface area contributed by atoms with Gasteiger partial charge < -0.3 is 10.6 Å². The molecule has 1 heterocycles. The fourth-order valence-electron chi connectivity index (χ4n) is 1.63. The highest BCUT2D eigenvalue weighted by molar-refractivity contribution is 5.81. The Balaban J connectivity index is 2.32. The van der Waals surface area contributed by atoms with Crippen molar-refractivity contribution in [2.45, 2.75) is 19.4 Å². The van der Waals surface area contributed by atoms with E-state index < -0.39 is 12.5 Å². The Kier molecular flexibility index (Phi) is 4.41. The molecular weight excluding hydrogens is 204 g/mol. The van der Waals surface area contributed by atoms with Crippen molar-refractivity contribution in [3.05, 3.63) is 0 Å². The molecular formula is C9H17F2N3O. The summed E-state index contributed by atoms with van der Waals surface area (Å²) in [5, 5.41) is 0. The highest BCUT2D eigenvalue weighted by Crippen LogP contribution is 2.05. The Morgan fingerprint density at radius 2 is 1.87 bits per heavy atom. The van der Waals surface area contributed by atoms with Gasteiger partial charge in [0.2, 0.25) is 5.91 Å². The third kappa shape index (κ3) is 3.71. The molecule has 0 aromatic heterocycles. The van der Waals surface area contributed by atoms with Crippen molar-refractivity contribution in [2.75, 3.05) is 32.7 Å². The van der Waals surface area contributed by atoms with E-state index in [0.29, 0.717) is 26.2 Å². The van der Waals surface area contributed by atoms with Gasteiger partial charge in [0, 0.05) is 26.2 Å². The molecule has 0 aromatic rings. The molecule has 0 radical (unpaired) electrons. The summed E-state index contributed by atoms with van der Waals surface area (Å²) in [6.07, 6.45) is -2.30. The molecule has 4 nitrogen and oxygen atoms in total. The van der Waals surface area contributed by atoms with Gasteiger partial charge in [-0.1, -0.05) is 0 Å². The van der Waals surface area contributed by atoms with Crippen LogP contribution in [0.25, 0.3) is 0 Å². The van der Waals surface area contributed by atoms with Gasteiger partial charge >= 0.3 is 0 Å². The van der Waals surface area contributed by atoms with Crippen LogP contribution < -0.4 is 5.73 Å². The summed E-state index contributed by atoms with van der Waals surface area (Å²) < 4.78 is 24.1. The van der Waals surface area contributed by atoms with Crippen molar-refractivity contribution < 1.29 is 13.6 Å². The van der Waals surface area contributed by atoms with Gasteiger partial charge in [0.25, 0.3) is 6.43 Å². The predicted molar refractivity (Wildman–Crippen MR) is 52.7 cm³/mol. The first kappa shape index (κ1) is 12.3. The van der Waals surface area contributed by atoms with Crippen LogP contribution in [-0.2, 0) is 4.79 Å². The molecule has 0 aliphatic carbocycles. The molecule has 1 atom stereocenters. The van der Waals surface area contributed by atoms with Crippen LogP contribution in [0.3, 0.4) is 0 Å². The maximum Gasteiger partial charge on any atom is 0.251 e. The molecule has 1 aliphatic rings. The summed E-state index contributed by atoms with van der Waals surface area (Å²) in [5.74, 6) is -0.105. The van der Waals surface area contributed by atoms with Crippen LogP contribution >= 0.6 is 0 Å². The highest BCUT2D eigenvalue weighted by Gasteiger charge is 2.24. The number of nitrogens with zero attached hydrogens (tertiary/aromatic N) is 2. The minimum absolute atomic E-state index is 0.105. The summed E-state index contributed by atoms with van der Waals surface area (Å²) in [4.78, 5) is 14.8. The minimum Gasteiger partial charge on any atom is -0.339 e. The fraction of sp³-hybridized carbons (Fsp3) is 0.889. The lowest BCUT2D eigenvalue weighted by molar-refractivity contribution is -0.134. The lowest BCUT2D eigenvalue weighted by Gasteiger charge is -2.35. The zero-order valence-electron chi connectivity index (χ0n) is 8.83. The van der Waals surface area contributed by atoms with Crippen molar-refractivity contribution >= 4 is 5.91 Å². The molecule has 6 heteroatoms. The van der Waals surface area contributed by atoms with Gasteiger partial charge in [-0.15, -0.1) is 0 Å². The lowest BCUT2D eigenvalue weighted by Crippen LogP contribution is -2.53. The van der Waals surface area contributed by atoms with Crippen LogP contribution in [-0.4, -0.2) is 60.9 Å². The largest absolute Gasteiger partial charge is 0.339 e. The van der Waals surface area contributed by atoms with Crippen molar-refractivity contribution in [3.8, 4) is 0 Å². The van der Waals surface area contributed by atoms with E-state index in [4.69, 9.17) is 5.73 Å². The monoisotopic (exact) mass is 221 g/mol. The number of carbonyl (C=O) groups excluding carboxylic acids is 1. The van der Waals surface area contributed by atoms with Crippen LogP contribution in [0.15, 0.2) is 0 Å². The molecule has 0 saturated carbocycles. The molecule has 88 valence electrons. The number of piperazine rings is 1. The molecule has 15 heavy (non-hydrogen) atoms. The third-order valence-corrected chi connectivity index (χ3v) is 2.47. The van der Waals surface area contributed by atoms with Crippen LogP contribution in [0, 0.1) is 0 Å². The number of rotatable bonds is 3. The smallest absolute Gasteiger partial charge is 0.251 e. The quantitative estimate of drug-likeness (QED) is 0.714. The van der Waals surface area contributed by atoms with Crippen molar-refractivity contribution in [2.24, 2.45) is 5.73 Å². The molecule has 0 aromatic carbocycles. The second kappa shape index (κ2) is 5.37. The van der Waals surface area contributed by atoms with E-state index in [2.05, 4.69) is 0 Å². The topological polar surface area (TPSA) is 49.6 Å². The maximum atomic E-state index is 12.1. The molecule has 0 unspecified atom stereocenters. The number of hydrogen-bond donors (Lipinski definition) is 1. The Hall–Kier alpha value is -0.750. The van der Waals surface area contributed by atoms with Gasteiger partial charge in [-0.25, -0.2) is 8.78 Å². The zero-order chi connectivity index (χ0) is 11.4. The van der Waals surface area contributed by atoms with Crippen LogP contribution in [0.4, 0.5) is 8.78 Å². The number of halogens is 2. The molecule has 1 saturated heterocycles. The van der Waals surface area contributed by atoms with Crippen molar-refractivity contribution in [1.82, 2.24) is 9.80 Å². The van der Waals surface area contributed by atoms with Gasteiger partial charge in [-0.05, 0) is 6.92 Å². The molecule has 1 amide bonds. The SMILES string of the molecule is C[C@H](N)C(=O)N1CCN(CC(F)F)CC1. The standard InChI is InChI=1S/C9H17F2N3O/c1-7(12)9(15)14-4-2-13(3-5-14)6-8(10)11/h7-8H,2-6,12H2,1H3/t7-/m0/s1. The number of amides is 1. The molecule has 1 aliphatic heterocycles. The van der Waals surface area contributed by atoms with Crippen LogP contribution in [0.5, 0.6) is 0 Å². The average molecular weight is 221 g/mol. The van der Waals surface area contributed by atoms with Gasteiger partial charge in [0.15, 0.2) is 0 Å². The first-order valence-corrected chi connectivity index (χ1v) is 5.05. The minimum atomic E-state index is -2.30. The Labute approximate surface area is 88.0 Å². The Bertz CT molecular complexity index is 215. The van der Waals surface area contributed by atoms with E-state index in [1.165, 1.54) is 0 Å². The second-order valence-corrected chi connectivity index (χ2v) is 3.81. The average Bonchev–Trinajstić information content (AvgIpc) is 2.17. The summed E-state index contributed by atoms with van der Waals surface area (Å²) >= 11 is 0. The molecule has 0 spiro atoms. The summed E-state index contributed by atoms with van der Waals surface area (Å²) in [7, 11) is 0. The van der Waals surface area contributed by atoms with Crippen LogP contribution in [0.2, 0.25) is 0 Å². The second-order valence-electron chi connectivity index (χ2n) is 3.81. The van der Waals surface area contributed by atoms with Crippen molar-refractivity contribution in [3.63, 3.8) is 0 Å². The predicted octanol–water partition coefficient (Wildman–Crippen LogP) is -0.257. The van der Waals surface area contributed by atoms with Gasteiger partial charge in [0.1, 0.15) is 0 Å². The summed E-state index contributed by atoms with van der Waals surface area (Å²) in [5.41, 5.74) is 5.46. The van der Waals surface area contributed by atoms with E-state index in [0.717, 1.165) is 0 Å². The normalized spacial score (nSPS) is 20.7. The van der Waals surface area contributed by atoms with E-state index in [1.54, 1.807) is 16.7 Å². The molecule has 0 bridgehead atoms. The zero-order valence-corrected chi connectivity index (χ0v) is 8.83. The van der Waals surface area contributed by atoms with E-state index in [9.17, 15) is 13.6 Å². The summed E-state index contributed by atoms with van der Waals surface area (Å²) in [6.45, 7) is 3.42. The number of hydrogen-bond acceptors (Lipinski definition) is 3. The number of alkyl halides is 2. The Morgan fingerprint density at radius 1 is 1.33 bits per heavy atom. The van der Waals surface area contributed by atoms with Gasteiger partial charge in [0.05, 0.1) is 12.6 Å². The van der Waals surface area contributed by atoms with E-state index >= 15 is 0 Å². The van der Waals surface area contributed by atoms with E-state index in [-0.39, 0.29) is 12.5 Å².